The van der Waals surface area contributed by atoms with E-state index in [4.69, 9.17) is 14.2 Å². The van der Waals surface area contributed by atoms with Crippen molar-refractivity contribution >= 4 is 11.9 Å². The second kappa shape index (κ2) is 9.45. The van der Waals surface area contributed by atoms with Crippen molar-refractivity contribution in [1.82, 2.24) is 0 Å². The first kappa shape index (κ1) is 20.0. The van der Waals surface area contributed by atoms with Crippen molar-refractivity contribution < 1.29 is 33.6 Å². The van der Waals surface area contributed by atoms with Gasteiger partial charge < -0.3 is 24.1 Å². The summed E-state index contributed by atoms with van der Waals surface area (Å²) in [6, 6.07) is 18.6. The molecule has 1 heterocycles. The minimum absolute atomic E-state index is 0.160. The molecule has 3 rings (SSSR count). The van der Waals surface area contributed by atoms with Crippen molar-refractivity contribution in [2.75, 3.05) is 7.11 Å². The minimum Gasteiger partial charge on any atom is -0.467 e. The number of carbonyl (C=O) groups is 2. The first-order valence-corrected chi connectivity index (χ1v) is 8.87. The van der Waals surface area contributed by atoms with Crippen LogP contribution in [0.5, 0.6) is 0 Å². The highest BCUT2D eigenvalue weighted by Crippen LogP contribution is 2.27. The zero-order valence-corrected chi connectivity index (χ0v) is 15.4. The average molecular weight is 386 g/mol. The van der Waals surface area contributed by atoms with E-state index in [2.05, 4.69) is 4.74 Å². The highest BCUT2D eigenvalue weighted by atomic mass is 16.6. The van der Waals surface area contributed by atoms with Gasteiger partial charge in [-0.1, -0.05) is 60.7 Å². The predicted octanol–water partition coefficient (Wildman–Crippen LogP) is 1.62. The van der Waals surface area contributed by atoms with Crippen LogP contribution in [-0.2, 0) is 41.8 Å². The molecular formula is C21H22O7. The first-order chi connectivity index (χ1) is 13.6. The van der Waals surface area contributed by atoms with Crippen LogP contribution in [0.1, 0.15) is 11.1 Å². The lowest BCUT2D eigenvalue weighted by Gasteiger charge is -2.24. The Balaban J connectivity index is 1.74. The fourth-order valence-corrected chi connectivity index (χ4v) is 2.95. The van der Waals surface area contributed by atoms with Crippen LogP contribution >= 0.6 is 0 Å². The maximum atomic E-state index is 12.4. The van der Waals surface area contributed by atoms with E-state index in [1.54, 1.807) is 0 Å². The monoisotopic (exact) mass is 386 g/mol. The number of ether oxygens (including phenoxy) is 4. The minimum atomic E-state index is -1.67. The predicted molar refractivity (Wildman–Crippen MR) is 97.9 cm³/mol. The number of rotatable bonds is 8. The zero-order valence-electron chi connectivity index (χ0n) is 15.4. The largest absolute Gasteiger partial charge is 0.467 e. The Morgan fingerprint density at radius 1 is 1.00 bits per heavy atom. The topological polar surface area (TPSA) is 91.3 Å². The third kappa shape index (κ3) is 4.75. The Morgan fingerprint density at radius 2 is 1.54 bits per heavy atom. The quantitative estimate of drug-likeness (QED) is 0.689. The van der Waals surface area contributed by atoms with Gasteiger partial charge in [-0.2, -0.15) is 0 Å². The van der Waals surface area contributed by atoms with Crippen LogP contribution in [0.25, 0.3) is 0 Å². The molecule has 0 saturated carbocycles. The average Bonchev–Trinajstić information content (AvgIpc) is 3.06. The van der Waals surface area contributed by atoms with Gasteiger partial charge in [-0.3, -0.25) is 0 Å². The van der Waals surface area contributed by atoms with E-state index in [1.807, 2.05) is 60.7 Å². The van der Waals surface area contributed by atoms with E-state index in [0.717, 1.165) is 18.2 Å². The number of cyclic esters (lactones) is 1. The molecule has 2 aromatic rings. The molecule has 0 unspecified atom stereocenters. The van der Waals surface area contributed by atoms with E-state index in [-0.39, 0.29) is 13.2 Å². The van der Waals surface area contributed by atoms with Crippen LogP contribution in [0, 0.1) is 0 Å². The number of carbonyl (C=O) groups excluding carboxylic acids is 2. The van der Waals surface area contributed by atoms with Crippen molar-refractivity contribution in [3.63, 3.8) is 0 Å². The van der Waals surface area contributed by atoms with Gasteiger partial charge in [0.2, 0.25) is 0 Å². The molecule has 0 aliphatic carbocycles. The van der Waals surface area contributed by atoms with Crippen LogP contribution in [0.4, 0.5) is 0 Å². The van der Waals surface area contributed by atoms with Gasteiger partial charge >= 0.3 is 11.9 Å². The van der Waals surface area contributed by atoms with E-state index in [1.165, 1.54) is 0 Å². The second-order valence-electron chi connectivity index (χ2n) is 6.35. The molecule has 7 nitrogen and oxygen atoms in total. The van der Waals surface area contributed by atoms with Crippen molar-refractivity contribution in [2.45, 2.75) is 37.6 Å². The first-order valence-electron chi connectivity index (χ1n) is 8.87. The Bertz CT molecular complexity index is 778. The number of aliphatic hydroxyl groups is 1. The Labute approximate surface area is 162 Å². The second-order valence-corrected chi connectivity index (χ2v) is 6.35. The fourth-order valence-electron chi connectivity index (χ4n) is 2.95. The van der Waals surface area contributed by atoms with Crippen LogP contribution < -0.4 is 0 Å². The Hall–Kier alpha value is -2.74. The Kier molecular flexibility index (Phi) is 6.76. The summed E-state index contributed by atoms with van der Waals surface area (Å²) in [5, 5.41) is 10.2. The summed E-state index contributed by atoms with van der Waals surface area (Å²) in [5.41, 5.74) is 1.74. The smallest absolute Gasteiger partial charge is 0.338 e. The summed E-state index contributed by atoms with van der Waals surface area (Å²) in [6.45, 7) is 0.324. The number of methoxy groups -OCH3 is 1. The van der Waals surface area contributed by atoms with E-state index in [9.17, 15) is 14.7 Å². The summed E-state index contributed by atoms with van der Waals surface area (Å²) >= 11 is 0. The Morgan fingerprint density at radius 3 is 2.07 bits per heavy atom. The van der Waals surface area contributed by atoms with Gasteiger partial charge in [0.15, 0.2) is 18.3 Å². The van der Waals surface area contributed by atoms with Crippen LogP contribution in [0.15, 0.2) is 60.7 Å². The molecule has 7 heteroatoms. The molecule has 0 spiro atoms. The number of esters is 2. The SMILES string of the molecule is COC(=O)[C@@H](O)[C@H]1OC(=O)[C@H](OCc2ccccc2)[C@H]1OCc1ccccc1. The molecule has 1 aliphatic heterocycles. The van der Waals surface area contributed by atoms with Crippen molar-refractivity contribution in [3.05, 3.63) is 71.8 Å². The number of hydrogen-bond acceptors (Lipinski definition) is 7. The van der Waals surface area contributed by atoms with Crippen LogP contribution in [0.2, 0.25) is 0 Å². The van der Waals surface area contributed by atoms with Gasteiger partial charge in [0.1, 0.15) is 6.10 Å². The van der Waals surface area contributed by atoms with Crippen molar-refractivity contribution in [2.24, 2.45) is 0 Å². The van der Waals surface area contributed by atoms with Gasteiger partial charge in [-0.05, 0) is 11.1 Å². The third-order valence-corrected chi connectivity index (χ3v) is 4.42. The molecule has 1 fully saturated rings. The van der Waals surface area contributed by atoms with Crippen molar-refractivity contribution in [3.8, 4) is 0 Å². The summed E-state index contributed by atoms with van der Waals surface area (Å²) in [7, 11) is 1.14. The van der Waals surface area contributed by atoms with Crippen LogP contribution in [0.3, 0.4) is 0 Å². The zero-order chi connectivity index (χ0) is 19.9. The lowest BCUT2D eigenvalue weighted by Crippen LogP contribution is -2.45. The molecule has 0 radical (unpaired) electrons. The summed E-state index contributed by atoms with van der Waals surface area (Å²) in [5.74, 6) is -1.60. The maximum absolute atomic E-state index is 12.4. The number of benzene rings is 2. The van der Waals surface area contributed by atoms with Crippen molar-refractivity contribution in [1.29, 1.82) is 0 Å². The van der Waals surface area contributed by atoms with E-state index >= 15 is 0 Å². The molecule has 148 valence electrons. The lowest BCUT2D eigenvalue weighted by molar-refractivity contribution is -0.166. The third-order valence-electron chi connectivity index (χ3n) is 4.42. The van der Waals surface area contributed by atoms with Gasteiger partial charge in [-0.25, -0.2) is 9.59 Å². The summed E-state index contributed by atoms with van der Waals surface area (Å²) in [4.78, 5) is 24.1. The maximum Gasteiger partial charge on any atom is 0.338 e. The van der Waals surface area contributed by atoms with Gasteiger partial charge in [0.05, 0.1) is 20.3 Å². The number of hydrogen-bond donors (Lipinski definition) is 1. The van der Waals surface area contributed by atoms with E-state index < -0.39 is 36.4 Å². The molecule has 1 aliphatic rings. The molecule has 4 atom stereocenters. The van der Waals surface area contributed by atoms with Gasteiger partial charge in [0, 0.05) is 0 Å². The molecule has 1 saturated heterocycles. The highest BCUT2D eigenvalue weighted by Gasteiger charge is 2.51. The van der Waals surface area contributed by atoms with E-state index in [0.29, 0.717) is 0 Å². The fraction of sp³-hybridized carbons (Fsp3) is 0.333. The highest BCUT2D eigenvalue weighted by molar-refractivity contribution is 5.81. The summed E-state index contributed by atoms with van der Waals surface area (Å²) < 4.78 is 21.4. The molecule has 2 aromatic carbocycles. The van der Waals surface area contributed by atoms with Crippen LogP contribution in [-0.4, -0.2) is 48.6 Å². The standard InChI is InChI=1S/C21H22O7/c1-25-20(23)16(22)17-18(26-12-14-8-4-2-5-9-14)19(21(24)28-17)27-13-15-10-6-3-7-11-15/h2-11,16-19,22H,12-13H2,1H3/t16-,17+,18-,19+/m0/s1. The number of aliphatic hydroxyl groups excluding tert-OH is 1. The van der Waals surface area contributed by atoms with Gasteiger partial charge in [-0.15, -0.1) is 0 Å². The van der Waals surface area contributed by atoms with Gasteiger partial charge in [0.25, 0.3) is 0 Å². The molecular weight excluding hydrogens is 364 g/mol. The molecule has 0 amide bonds. The lowest BCUT2D eigenvalue weighted by atomic mass is 10.1. The molecule has 1 N–H and O–H groups in total. The normalized spacial score (nSPS) is 22.5. The summed E-state index contributed by atoms with van der Waals surface area (Å²) in [6.07, 6.45) is -4.93. The molecule has 28 heavy (non-hydrogen) atoms. The molecule has 0 aromatic heterocycles. The molecule has 0 bridgehead atoms.